The summed E-state index contributed by atoms with van der Waals surface area (Å²) < 4.78 is 58.8. The third-order valence-corrected chi connectivity index (χ3v) is 1.45. The molecule has 0 aliphatic rings. The van der Waals surface area contributed by atoms with Gasteiger partial charge in [0, 0.05) is 5.82 Å². The lowest BCUT2D eigenvalue weighted by Crippen LogP contribution is -2.41. The zero-order valence-corrected chi connectivity index (χ0v) is 6.04. The van der Waals surface area contributed by atoms with E-state index >= 15 is 0 Å². The van der Waals surface area contributed by atoms with Crippen LogP contribution in [0.4, 0.5) is 22.0 Å². The molecule has 65 valence electrons. The summed E-state index contributed by atoms with van der Waals surface area (Å²) >= 11 is 0. The van der Waals surface area contributed by atoms with Crippen LogP contribution < -0.4 is 0 Å². The molecule has 0 aromatic rings. The van der Waals surface area contributed by atoms with Crippen LogP contribution in [0.15, 0.2) is 0 Å². The van der Waals surface area contributed by atoms with E-state index in [9.17, 15) is 22.0 Å². The van der Waals surface area contributed by atoms with Crippen LogP contribution in [-0.4, -0.2) is 19.4 Å². The van der Waals surface area contributed by atoms with Crippen molar-refractivity contribution in [3.05, 3.63) is 0 Å². The lowest BCUT2D eigenvalue weighted by Gasteiger charge is -2.24. The largest absolute Gasteiger partial charge is 0.452 e. The highest BCUT2D eigenvalue weighted by Gasteiger charge is 2.59. The van der Waals surface area contributed by atoms with E-state index in [-0.39, 0.29) is 0 Å². The maximum absolute atomic E-state index is 12.2. The molecule has 6 heteroatoms. The van der Waals surface area contributed by atoms with Crippen molar-refractivity contribution in [1.82, 2.24) is 0 Å². The van der Waals surface area contributed by atoms with Crippen molar-refractivity contribution in [2.24, 2.45) is 0 Å². The van der Waals surface area contributed by atoms with Crippen LogP contribution in [0, 0.1) is 0 Å². The summed E-state index contributed by atoms with van der Waals surface area (Å²) in [4.78, 5) is 0. The third-order valence-electron chi connectivity index (χ3n) is 1.45. The quantitative estimate of drug-likeness (QED) is 0.444. The first kappa shape index (κ1) is 10.7. The van der Waals surface area contributed by atoms with Gasteiger partial charge in [-0.15, -0.1) is 0 Å². The maximum atomic E-state index is 12.2. The molecular weight excluding hydrogens is 166 g/mol. The Bertz CT molecular complexity index is 129. The second-order valence-electron chi connectivity index (χ2n) is 2.24. The first-order valence-corrected chi connectivity index (χ1v) is 2.97. The molecular formula is C5H7BF5. The molecule has 0 bridgehead atoms. The standard InChI is InChI=1S/C5H7BF5/c1-3(6-2)4(7,8)5(9,10)11/h3H,1-2H3. The van der Waals surface area contributed by atoms with E-state index < -0.39 is 17.9 Å². The van der Waals surface area contributed by atoms with Gasteiger partial charge >= 0.3 is 12.1 Å². The Morgan fingerprint density at radius 3 is 1.55 bits per heavy atom. The number of hydrogen-bond donors (Lipinski definition) is 0. The first-order valence-electron chi connectivity index (χ1n) is 2.97. The van der Waals surface area contributed by atoms with Gasteiger partial charge in [-0.05, 0) is 0 Å². The van der Waals surface area contributed by atoms with Crippen LogP contribution in [0.1, 0.15) is 6.92 Å². The maximum Gasteiger partial charge on any atom is 0.452 e. The Hall–Kier alpha value is -0.285. The van der Waals surface area contributed by atoms with E-state index in [0.29, 0.717) is 0 Å². The van der Waals surface area contributed by atoms with Crippen LogP contribution in [-0.2, 0) is 0 Å². The van der Waals surface area contributed by atoms with Gasteiger partial charge in [0.15, 0.2) is 0 Å². The van der Waals surface area contributed by atoms with Crippen LogP contribution in [0.2, 0.25) is 12.6 Å². The van der Waals surface area contributed by atoms with E-state index in [1.54, 1.807) is 0 Å². The Kier molecular flexibility index (Phi) is 2.91. The molecule has 0 aliphatic carbocycles. The molecule has 0 heterocycles. The summed E-state index contributed by atoms with van der Waals surface area (Å²) in [7, 11) is 0.827. The van der Waals surface area contributed by atoms with Crippen molar-refractivity contribution in [2.75, 3.05) is 0 Å². The normalized spacial score (nSPS) is 16.3. The van der Waals surface area contributed by atoms with Crippen molar-refractivity contribution in [3.8, 4) is 0 Å². The summed E-state index contributed by atoms with van der Waals surface area (Å²) in [5, 5.41) is 0. The fourth-order valence-electron chi connectivity index (χ4n) is 0.467. The minimum absolute atomic E-state index is 0.827. The highest BCUT2D eigenvalue weighted by atomic mass is 19.4. The average molecular weight is 173 g/mol. The molecule has 0 amide bonds. The molecule has 0 N–H and O–H groups in total. The van der Waals surface area contributed by atoms with Gasteiger partial charge in [-0.2, -0.15) is 22.0 Å². The predicted octanol–water partition coefficient (Wildman–Crippen LogP) is 2.74. The van der Waals surface area contributed by atoms with Gasteiger partial charge in [0.25, 0.3) is 0 Å². The first-order chi connectivity index (χ1) is 4.73. The van der Waals surface area contributed by atoms with Crippen molar-refractivity contribution < 1.29 is 22.0 Å². The molecule has 0 aromatic carbocycles. The van der Waals surface area contributed by atoms with E-state index in [1.807, 2.05) is 0 Å². The van der Waals surface area contributed by atoms with E-state index in [2.05, 4.69) is 0 Å². The Morgan fingerprint density at radius 1 is 1.09 bits per heavy atom. The lowest BCUT2D eigenvalue weighted by atomic mass is 9.65. The molecule has 0 aliphatic heterocycles. The summed E-state index contributed by atoms with van der Waals surface area (Å²) in [6.45, 7) is 2.00. The van der Waals surface area contributed by atoms with Crippen molar-refractivity contribution >= 4 is 7.28 Å². The molecule has 0 saturated heterocycles. The zero-order valence-electron chi connectivity index (χ0n) is 6.04. The van der Waals surface area contributed by atoms with Crippen molar-refractivity contribution in [1.29, 1.82) is 0 Å². The molecule has 0 spiro atoms. The molecule has 1 unspecified atom stereocenters. The van der Waals surface area contributed by atoms with Gasteiger partial charge < -0.3 is 0 Å². The van der Waals surface area contributed by atoms with Crippen LogP contribution in [0.3, 0.4) is 0 Å². The smallest absolute Gasteiger partial charge is 0.197 e. The predicted molar refractivity (Wildman–Crippen MR) is 32.0 cm³/mol. The number of hydrogen-bond acceptors (Lipinski definition) is 0. The molecule has 0 aromatic heterocycles. The Morgan fingerprint density at radius 2 is 1.45 bits per heavy atom. The molecule has 1 atom stereocenters. The molecule has 0 nitrogen and oxygen atoms in total. The van der Waals surface area contributed by atoms with Crippen LogP contribution in [0.5, 0.6) is 0 Å². The van der Waals surface area contributed by atoms with Gasteiger partial charge in [0.05, 0.1) is 0 Å². The topological polar surface area (TPSA) is 0 Å². The summed E-state index contributed by atoms with van der Waals surface area (Å²) in [5.74, 6) is -6.38. The second-order valence-corrected chi connectivity index (χ2v) is 2.24. The minimum atomic E-state index is -5.45. The number of rotatable bonds is 2. The van der Waals surface area contributed by atoms with E-state index in [4.69, 9.17) is 0 Å². The second kappa shape index (κ2) is 2.99. The molecule has 11 heavy (non-hydrogen) atoms. The minimum Gasteiger partial charge on any atom is -0.197 e. The number of alkyl halides is 5. The SMILES string of the molecule is C[B]C(C)C(F)(F)C(F)(F)F. The lowest BCUT2D eigenvalue weighted by molar-refractivity contribution is -0.282. The average Bonchev–Trinajstić information content (AvgIpc) is 1.83. The van der Waals surface area contributed by atoms with Gasteiger partial charge in [0.1, 0.15) is 7.28 Å². The van der Waals surface area contributed by atoms with Crippen molar-refractivity contribution in [3.63, 3.8) is 0 Å². The monoisotopic (exact) mass is 173 g/mol. The van der Waals surface area contributed by atoms with Crippen LogP contribution >= 0.6 is 0 Å². The fraction of sp³-hybridized carbons (Fsp3) is 1.00. The van der Waals surface area contributed by atoms with Gasteiger partial charge in [-0.25, -0.2) is 0 Å². The Labute approximate surface area is 62.0 Å². The molecule has 0 rings (SSSR count). The number of halogens is 5. The zero-order chi connectivity index (χ0) is 9.28. The van der Waals surface area contributed by atoms with E-state index in [1.165, 1.54) is 6.82 Å². The molecule has 0 saturated carbocycles. The van der Waals surface area contributed by atoms with Gasteiger partial charge in [0.2, 0.25) is 0 Å². The summed E-state index contributed by atoms with van der Waals surface area (Å²) in [6, 6.07) is 0. The molecule has 0 fully saturated rings. The van der Waals surface area contributed by atoms with Gasteiger partial charge in [-0.3, -0.25) is 0 Å². The summed E-state index contributed by atoms with van der Waals surface area (Å²) in [6.07, 6.45) is -5.45. The Balaban J connectivity index is 4.45. The van der Waals surface area contributed by atoms with Crippen LogP contribution in [0.25, 0.3) is 0 Å². The van der Waals surface area contributed by atoms with Crippen molar-refractivity contribution in [2.45, 2.75) is 31.7 Å². The highest BCUT2D eigenvalue weighted by molar-refractivity contribution is 6.35. The van der Waals surface area contributed by atoms with E-state index in [0.717, 1.165) is 14.2 Å². The fourth-order valence-corrected chi connectivity index (χ4v) is 0.467. The van der Waals surface area contributed by atoms with Gasteiger partial charge in [-0.1, -0.05) is 13.7 Å². The molecule has 1 radical (unpaired) electrons. The third kappa shape index (κ3) is 2.07. The highest BCUT2D eigenvalue weighted by Crippen LogP contribution is 2.43. The summed E-state index contributed by atoms with van der Waals surface area (Å²) in [5.41, 5.74) is 0.